The lowest BCUT2D eigenvalue weighted by molar-refractivity contribution is -0.139. The van der Waals surface area contributed by atoms with Gasteiger partial charge in [-0.2, -0.15) is 0 Å². The number of aryl methyl sites for hydroxylation is 2. The van der Waals surface area contributed by atoms with Crippen LogP contribution in [-0.4, -0.2) is 33.1 Å². The van der Waals surface area contributed by atoms with Gasteiger partial charge >= 0.3 is 5.97 Å². The number of aromatic nitrogens is 3. The number of carbonyl (C=O) groups is 1. The number of esters is 1. The molecule has 0 aliphatic rings. The predicted octanol–water partition coefficient (Wildman–Crippen LogP) is 3.32. The molecule has 0 fully saturated rings. The highest BCUT2D eigenvalue weighted by Gasteiger charge is 2.14. The van der Waals surface area contributed by atoms with Crippen molar-refractivity contribution in [1.29, 1.82) is 0 Å². The van der Waals surface area contributed by atoms with Gasteiger partial charge in [0.1, 0.15) is 12.4 Å². The molecule has 0 N–H and O–H groups in total. The molecule has 1 aromatic carbocycles. The minimum atomic E-state index is -0.270. The van der Waals surface area contributed by atoms with Gasteiger partial charge in [0.05, 0.1) is 12.4 Å². The first kappa shape index (κ1) is 19.1. The Labute approximate surface area is 152 Å². The van der Waals surface area contributed by atoms with E-state index in [0.29, 0.717) is 30.7 Å². The first-order valence-electron chi connectivity index (χ1n) is 8.06. The molecular weight excluding hydrogens is 338 g/mol. The van der Waals surface area contributed by atoms with Crippen molar-refractivity contribution in [3.63, 3.8) is 0 Å². The fraction of sp³-hybridized carbons (Fsp3) is 0.389. The van der Waals surface area contributed by atoms with E-state index in [1.807, 2.05) is 30.5 Å². The van der Waals surface area contributed by atoms with Crippen LogP contribution in [0, 0.1) is 13.8 Å². The normalized spacial score (nSPS) is 10.5. The van der Waals surface area contributed by atoms with E-state index < -0.39 is 0 Å². The third-order valence-electron chi connectivity index (χ3n) is 3.42. The number of thioether (sulfide) groups is 1. The van der Waals surface area contributed by atoms with E-state index in [2.05, 4.69) is 22.8 Å². The zero-order valence-electron chi connectivity index (χ0n) is 14.8. The summed E-state index contributed by atoms with van der Waals surface area (Å²) in [5.74, 6) is 1.43. The molecule has 0 bridgehead atoms. The number of ether oxygens (including phenoxy) is 2. The molecule has 6 nitrogen and oxygen atoms in total. The van der Waals surface area contributed by atoms with Crippen LogP contribution in [-0.2, 0) is 22.7 Å². The minimum absolute atomic E-state index is 0.195. The first-order valence-corrected chi connectivity index (χ1v) is 9.05. The second-order valence-electron chi connectivity index (χ2n) is 5.45. The maximum atomic E-state index is 11.5. The Morgan fingerprint density at radius 2 is 2.16 bits per heavy atom. The van der Waals surface area contributed by atoms with Gasteiger partial charge in [0.2, 0.25) is 0 Å². The van der Waals surface area contributed by atoms with E-state index >= 15 is 0 Å². The van der Waals surface area contributed by atoms with Gasteiger partial charge < -0.3 is 9.47 Å². The van der Waals surface area contributed by atoms with Crippen LogP contribution in [0.25, 0.3) is 0 Å². The largest absolute Gasteiger partial charge is 0.485 e. The quantitative estimate of drug-likeness (QED) is 0.388. The molecule has 0 saturated heterocycles. The van der Waals surface area contributed by atoms with Crippen molar-refractivity contribution in [2.24, 2.45) is 0 Å². The standard InChI is InChI=1S/C18H23N3O3S/c1-5-9-21-16(11-24-15-8-7-13(3)10-14(15)4)19-20-18(21)25-12-17(22)23-6-2/h5,7-8,10H,1,6,9,11-12H2,2-4H3. The first-order chi connectivity index (χ1) is 12.0. The van der Waals surface area contributed by atoms with Crippen molar-refractivity contribution in [1.82, 2.24) is 14.8 Å². The van der Waals surface area contributed by atoms with E-state index in [4.69, 9.17) is 9.47 Å². The summed E-state index contributed by atoms with van der Waals surface area (Å²) in [6, 6.07) is 6.04. The van der Waals surface area contributed by atoms with Crippen LogP contribution in [0.4, 0.5) is 0 Å². The summed E-state index contributed by atoms with van der Waals surface area (Å²) in [4.78, 5) is 11.5. The smallest absolute Gasteiger partial charge is 0.316 e. The summed E-state index contributed by atoms with van der Waals surface area (Å²) in [6.45, 7) is 10.8. The molecule has 0 aliphatic carbocycles. The lowest BCUT2D eigenvalue weighted by Gasteiger charge is -2.11. The summed E-state index contributed by atoms with van der Waals surface area (Å²) in [7, 11) is 0. The molecular formula is C18H23N3O3S. The fourth-order valence-electron chi connectivity index (χ4n) is 2.27. The van der Waals surface area contributed by atoms with E-state index in [1.54, 1.807) is 13.0 Å². The van der Waals surface area contributed by atoms with Crippen LogP contribution in [0.15, 0.2) is 36.0 Å². The fourth-order valence-corrected chi connectivity index (χ4v) is 3.04. The average Bonchev–Trinajstić information content (AvgIpc) is 2.95. The van der Waals surface area contributed by atoms with Crippen LogP contribution in [0.3, 0.4) is 0 Å². The number of benzene rings is 1. The van der Waals surface area contributed by atoms with Crippen LogP contribution in [0.1, 0.15) is 23.9 Å². The zero-order chi connectivity index (χ0) is 18.2. The topological polar surface area (TPSA) is 66.2 Å². The lowest BCUT2D eigenvalue weighted by Crippen LogP contribution is -2.10. The zero-order valence-corrected chi connectivity index (χ0v) is 15.6. The molecule has 0 unspecified atom stereocenters. The van der Waals surface area contributed by atoms with Crippen molar-refractivity contribution in [3.8, 4) is 5.75 Å². The van der Waals surface area contributed by atoms with Gasteiger partial charge in [-0.15, -0.1) is 16.8 Å². The second kappa shape index (κ2) is 9.27. The third kappa shape index (κ3) is 5.35. The number of rotatable bonds is 9. The van der Waals surface area contributed by atoms with Crippen molar-refractivity contribution < 1.29 is 14.3 Å². The van der Waals surface area contributed by atoms with Gasteiger partial charge in [0, 0.05) is 6.54 Å². The Bertz CT molecular complexity index is 743. The molecule has 1 heterocycles. The summed E-state index contributed by atoms with van der Waals surface area (Å²) in [5, 5.41) is 8.99. The van der Waals surface area contributed by atoms with Gasteiger partial charge in [-0.05, 0) is 32.4 Å². The maximum Gasteiger partial charge on any atom is 0.316 e. The number of hydrogen-bond donors (Lipinski definition) is 0. The Balaban J connectivity index is 2.07. The minimum Gasteiger partial charge on any atom is -0.485 e. The molecule has 0 aliphatic heterocycles. The van der Waals surface area contributed by atoms with Gasteiger partial charge in [-0.1, -0.05) is 35.5 Å². The third-order valence-corrected chi connectivity index (χ3v) is 4.36. The van der Waals surface area contributed by atoms with E-state index in [0.717, 1.165) is 11.3 Å². The lowest BCUT2D eigenvalue weighted by atomic mass is 10.1. The SMILES string of the molecule is C=CCn1c(COc2ccc(C)cc2C)nnc1SCC(=O)OCC. The summed E-state index contributed by atoms with van der Waals surface area (Å²) >= 11 is 1.29. The molecule has 1 aromatic heterocycles. The molecule has 0 amide bonds. The van der Waals surface area contributed by atoms with Crippen molar-refractivity contribution >= 4 is 17.7 Å². The van der Waals surface area contributed by atoms with Crippen molar-refractivity contribution in [2.75, 3.05) is 12.4 Å². The highest BCUT2D eigenvalue weighted by Crippen LogP contribution is 2.22. The Morgan fingerprint density at radius 3 is 2.84 bits per heavy atom. The van der Waals surface area contributed by atoms with E-state index in [-0.39, 0.29) is 11.7 Å². The van der Waals surface area contributed by atoms with Gasteiger partial charge in [0.25, 0.3) is 0 Å². The molecule has 0 spiro atoms. The molecule has 134 valence electrons. The molecule has 2 aromatic rings. The monoisotopic (exact) mass is 361 g/mol. The van der Waals surface area contributed by atoms with E-state index in [1.165, 1.54) is 17.3 Å². The molecule has 2 rings (SSSR count). The maximum absolute atomic E-state index is 11.5. The average molecular weight is 361 g/mol. The van der Waals surface area contributed by atoms with Crippen LogP contribution >= 0.6 is 11.8 Å². The van der Waals surface area contributed by atoms with Crippen molar-refractivity contribution in [2.45, 2.75) is 39.1 Å². The highest BCUT2D eigenvalue weighted by molar-refractivity contribution is 7.99. The Hall–Kier alpha value is -2.28. The van der Waals surface area contributed by atoms with E-state index in [9.17, 15) is 4.79 Å². The molecule has 0 saturated carbocycles. The van der Waals surface area contributed by atoms with Crippen LogP contribution in [0.5, 0.6) is 5.75 Å². The predicted molar refractivity (Wildman–Crippen MR) is 97.8 cm³/mol. The van der Waals surface area contributed by atoms with Crippen LogP contribution < -0.4 is 4.74 Å². The summed E-state index contributed by atoms with van der Waals surface area (Å²) in [5.41, 5.74) is 2.27. The number of allylic oxidation sites excluding steroid dienone is 1. The Morgan fingerprint density at radius 1 is 1.36 bits per heavy atom. The van der Waals surface area contributed by atoms with Crippen molar-refractivity contribution in [3.05, 3.63) is 47.8 Å². The van der Waals surface area contributed by atoms with Crippen LogP contribution in [0.2, 0.25) is 0 Å². The molecule has 0 atom stereocenters. The summed E-state index contributed by atoms with van der Waals surface area (Å²) in [6.07, 6.45) is 1.76. The van der Waals surface area contributed by atoms with Gasteiger partial charge in [0.15, 0.2) is 11.0 Å². The Kier molecular flexibility index (Phi) is 7.06. The number of nitrogens with zero attached hydrogens (tertiary/aromatic N) is 3. The molecule has 25 heavy (non-hydrogen) atoms. The van der Waals surface area contributed by atoms with Gasteiger partial charge in [-0.25, -0.2) is 0 Å². The second-order valence-corrected chi connectivity index (χ2v) is 6.39. The summed E-state index contributed by atoms with van der Waals surface area (Å²) < 4.78 is 12.7. The highest BCUT2D eigenvalue weighted by atomic mass is 32.2. The molecule has 7 heteroatoms. The van der Waals surface area contributed by atoms with Gasteiger partial charge in [-0.3, -0.25) is 9.36 Å². The number of hydrogen-bond acceptors (Lipinski definition) is 6. The molecule has 0 radical (unpaired) electrons. The number of carbonyl (C=O) groups excluding carboxylic acids is 1.